The van der Waals surface area contributed by atoms with Crippen LogP contribution in [0.1, 0.15) is 26.3 Å². The highest BCUT2D eigenvalue weighted by molar-refractivity contribution is 5.85. The predicted octanol–water partition coefficient (Wildman–Crippen LogP) is 5.93. The lowest BCUT2D eigenvalue weighted by Gasteiger charge is -2.19. The van der Waals surface area contributed by atoms with Gasteiger partial charge in [-0.25, -0.2) is 14.8 Å². The van der Waals surface area contributed by atoms with Crippen molar-refractivity contribution in [2.75, 3.05) is 0 Å². The van der Waals surface area contributed by atoms with Crippen LogP contribution in [0.4, 0.5) is 10.6 Å². The van der Waals surface area contributed by atoms with Gasteiger partial charge in [0.2, 0.25) is 0 Å². The van der Waals surface area contributed by atoms with Crippen LogP contribution >= 0.6 is 0 Å². The Morgan fingerprint density at radius 2 is 1.58 bits per heavy atom. The Morgan fingerprint density at radius 3 is 2.24 bits per heavy atom. The van der Waals surface area contributed by atoms with Crippen molar-refractivity contribution in [3.8, 4) is 22.5 Å². The molecule has 0 atom stereocenters. The number of nitrogens with one attached hydrogen (secondary N) is 1. The molecule has 0 fully saturated rings. The van der Waals surface area contributed by atoms with E-state index in [1.165, 1.54) is 0 Å². The number of aromatic nitrogens is 3. The largest absolute Gasteiger partial charge is 0.444 e. The van der Waals surface area contributed by atoms with Gasteiger partial charge in [0.05, 0.1) is 5.69 Å². The van der Waals surface area contributed by atoms with Crippen molar-refractivity contribution >= 4 is 23.1 Å². The van der Waals surface area contributed by atoms with Crippen molar-refractivity contribution in [2.45, 2.75) is 32.9 Å². The van der Waals surface area contributed by atoms with Gasteiger partial charge in [-0.05, 0) is 38.5 Å². The molecule has 33 heavy (non-hydrogen) atoms. The predicted molar refractivity (Wildman–Crippen MR) is 128 cm³/mol. The summed E-state index contributed by atoms with van der Waals surface area (Å²) in [6.45, 7) is 13.1. The van der Waals surface area contributed by atoms with Crippen LogP contribution in [0, 0.1) is 6.57 Å². The summed E-state index contributed by atoms with van der Waals surface area (Å²) in [7, 11) is 0. The zero-order chi connectivity index (χ0) is 23.4. The van der Waals surface area contributed by atoms with E-state index in [1.54, 1.807) is 12.1 Å². The molecule has 0 spiro atoms. The minimum atomic E-state index is -0.541. The fourth-order valence-corrected chi connectivity index (χ4v) is 3.26. The summed E-state index contributed by atoms with van der Waals surface area (Å²) >= 11 is 0. The molecule has 0 unspecified atom stereocenters. The van der Waals surface area contributed by atoms with Gasteiger partial charge in [-0.15, -0.1) is 0 Å². The molecule has 0 aliphatic heterocycles. The highest BCUT2D eigenvalue weighted by Crippen LogP contribution is 2.31. The van der Waals surface area contributed by atoms with Crippen LogP contribution in [-0.4, -0.2) is 26.6 Å². The molecule has 1 amide bonds. The van der Waals surface area contributed by atoms with Crippen molar-refractivity contribution in [2.24, 2.45) is 0 Å². The second-order valence-electron chi connectivity index (χ2n) is 8.46. The second-order valence-corrected chi connectivity index (χ2v) is 8.46. The highest BCUT2D eigenvalue weighted by atomic mass is 16.6. The Morgan fingerprint density at radius 1 is 0.909 bits per heavy atom. The molecule has 0 saturated heterocycles. The lowest BCUT2D eigenvalue weighted by atomic mass is 10.0. The number of alkyl carbamates (subject to hydrolysis) is 1. The summed E-state index contributed by atoms with van der Waals surface area (Å²) in [6, 6.07) is 21.0. The lowest BCUT2D eigenvalue weighted by Crippen LogP contribution is -2.32. The Bertz CT molecular complexity index is 1340. The van der Waals surface area contributed by atoms with Crippen molar-refractivity contribution in [1.82, 2.24) is 20.3 Å². The first-order valence-electron chi connectivity index (χ1n) is 10.5. The van der Waals surface area contributed by atoms with Crippen LogP contribution in [0.25, 0.3) is 38.5 Å². The van der Waals surface area contributed by atoms with Gasteiger partial charge in [-0.3, -0.25) is 0 Å². The van der Waals surface area contributed by atoms with E-state index in [2.05, 4.69) is 15.1 Å². The van der Waals surface area contributed by atoms with Crippen LogP contribution in [0.5, 0.6) is 0 Å². The van der Waals surface area contributed by atoms with Gasteiger partial charge in [0.15, 0.2) is 0 Å². The molecule has 0 bridgehead atoms. The van der Waals surface area contributed by atoms with E-state index in [9.17, 15) is 4.79 Å². The molecule has 2 heterocycles. The van der Waals surface area contributed by atoms with Crippen LogP contribution in [0.3, 0.4) is 0 Å². The number of amides is 1. The summed E-state index contributed by atoms with van der Waals surface area (Å²) < 4.78 is 5.28. The molecule has 1 N–H and O–H groups in total. The Hall–Kier alpha value is -4.31. The maximum atomic E-state index is 11.9. The first-order valence-corrected chi connectivity index (χ1v) is 10.5. The molecule has 0 aliphatic rings. The van der Waals surface area contributed by atoms with E-state index >= 15 is 0 Å². The summed E-state index contributed by atoms with van der Waals surface area (Å²) in [6.07, 6.45) is -0.454. The first-order chi connectivity index (χ1) is 15.8. The Balaban J connectivity index is 1.67. The minimum absolute atomic E-state index is 0.283. The molecule has 2 aromatic carbocycles. The summed E-state index contributed by atoms with van der Waals surface area (Å²) in [4.78, 5) is 29.2. The van der Waals surface area contributed by atoms with Crippen LogP contribution < -0.4 is 5.32 Å². The maximum absolute atomic E-state index is 11.9. The number of rotatable bonds is 4. The van der Waals surface area contributed by atoms with Crippen LogP contribution in [0.15, 0.2) is 66.7 Å². The number of hydrogen-bond acceptors (Lipinski definition) is 5. The van der Waals surface area contributed by atoms with Gasteiger partial charge >= 0.3 is 6.09 Å². The SMILES string of the molecule is [C-]#[N+]c1ccc2nc(-c3ccc(CNC(=O)OC(C)(C)C)cc3)c(-c3ccccc3)nc2n1. The summed E-state index contributed by atoms with van der Waals surface area (Å²) in [5.41, 5.74) is 4.65. The number of nitrogens with zero attached hydrogens (tertiary/aromatic N) is 4. The average molecular weight is 438 g/mol. The molecule has 2 aromatic heterocycles. The van der Waals surface area contributed by atoms with Crippen molar-refractivity contribution < 1.29 is 9.53 Å². The van der Waals surface area contributed by atoms with E-state index in [0.29, 0.717) is 23.4 Å². The van der Waals surface area contributed by atoms with Crippen LogP contribution in [0.2, 0.25) is 0 Å². The standard InChI is InChI=1S/C26H23N5O2/c1-26(2,3)33-25(32)28-16-17-10-12-19(13-11-17)22-23(18-8-6-5-7-9-18)31-24-20(29-22)14-15-21(27-4)30-24/h5-15H,16H2,1-3H3,(H,28,32). The zero-order valence-electron chi connectivity index (χ0n) is 18.7. The molecule has 7 heteroatoms. The molecular weight excluding hydrogens is 414 g/mol. The number of ether oxygens (including phenoxy) is 1. The smallest absolute Gasteiger partial charge is 0.407 e. The zero-order valence-corrected chi connectivity index (χ0v) is 18.7. The van der Waals surface area contributed by atoms with Gasteiger partial charge in [-0.1, -0.05) is 66.2 Å². The molecular formula is C26H23N5O2. The third kappa shape index (κ3) is 5.31. The van der Waals surface area contributed by atoms with Gasteiger partial charge in [0, 0.05) is 17.7 Å². The molecule has 7 nitrogen and oxygen atoms in total. The fraction of sp³-hybridized carbons (Fsp3) is 0.192. The van der Waals surface area contributed by atoms with Gasteiger partial charge in [-0.2, -0.15) is 0 Å². The van der Waals surface area contributed by atoms with Crippen molar-refractivity contribution in [3.05, 3.63) is 83.7 Å². The van der Waals surface area contributed by atoms with E-state index in [1.807, 2.05) is 75.4 Å². The Kier molecular flexibility index (Phi) is 6.01. The normalized spacial score (nSPS) is 11.1. The van der Waals surface area contributed by atoms with E-state index < -0.39 is 11.7 Å². The quantitative estimate of drug-likeness (QED) is 0.400. The molecule has 4 rings (SSSR count). The third-order valence-corrected chi connectivity index (χ3v) is 4.74. The van der Waals surface area contributed by atoms with Gasteiger partial charge in [0.25, 0.3) is 11.5 Å². The van der Waals surface area contributed by atoms with E-state index in [-0.39, 0.29) is 5.82 Å². The highest BCUT2D eigenvalue weighted by Gasteiger charge is 2.17. The molecule has 0 saturated carbocycles. The Labute approximate surface area is 192 Å². The minimum Gasteiger partial charge on any atom is -0.444 e. The third-order valence-electron chi connectivity index (χ3n) is 4.74. The first kappa shape index (κ1) is 21.9. The number of hydrogen-bond donors (Lipinski definition) is 1. The number of fused-ring (bicyclic) bond motifs is 1. The number of carbonyl (C=O) groups excluding carboxylic acids is 1. The topological polar surface area (TPSA) is 81.4 Å². The van der Waals surface area contributed by atoms with Crippen LogP contribution in [-0.2, 0) is 11.3 Å². The van der Waals surface area contributed by atoms with Crippen molar-refractivity contribution in [1.29, 1.82) is 0 Å². The maximum Gasteiger partial charge on any atom is 0.407 e. The molecule has 0 radical (unpaired) electrons. The van der Waals surface area contributed by atoms with E-state index in [4.69, 9.17) is 21.3 Å². The number of pyridine rings is 1. The number of benzene rings is 2. The average Bonchev–Trinajstić information content (AvgIpc) is 2.81. The van der Waals surface area contributed by atoms with Gasteiger partial charge < -0.3 is 14.9 Å². The van der Waals surface area contributed by atoms with E-state index in [0.717, 1.165) is 22.4 Å². The fourth-order valence-electron chi connectivity index (χ4n) is 3.26. The lowest BCUT2D eigenvalue weighted by molar-refractivity contribution is 0.0523. The molecule has 164 valence electrons. The van der Waals surface area contributed by atoms with Gasteiger partial charge in [0.1, 0.15) is 16.8 Å². The summed E-state index contributed by atoms with van der Waals surface area (Å²) in [5.74, 6) is 0.283. The second kappa shape index (κ2) is 9.05. The summed E-state index contributed by atoms with van der Waals surface area (Å²) in [5, 5.41) is 2.77. The monoisotopic (exact) mass is 437 g/mol. The van der Waals surface area contributed by atoms with Crippen molar-refractivity contribution in [3.63, 3.8) is 0 Å². The number of carbonyl (C=O) groups is 1. The molecule has 4 aromatic rings. The molecule has 0 aliphatic carbocycles.